The molecular weight excluding hydrogens is 860 g/mol. The van der Waals surface area contributed by atoms with Crippen molar-refractivity contribution in [3.63, 3.8) is 0 Å². The lowest BCUT2D eigenvalue weighted by atomic mass is 10.2. The standard InChI is InChI=1S/C15H11ClFNO3S.C13H10ClFO2S.C6H15N.C3H3ClO.CH2Cl2/c1-2-15(19)18(14-9-8-11(17)10-13(14)16)22(20,21)12-6-4-3-5-7-12;14-13-8-11(15)7-6-10(13)9-18(16,17)12-4-2-1-3-5-12;1-4-7(5-2)6-3;1-2-3(4)5;2-1-3/h2-10H,1H2;1-8H,9H2;4-6H2,1-3H3;2H,1H2;1H2. The molecule has 0 aliphatic heterocycles. The van der Waals surface area contributed by atoms with Crippen molar-refractivity contribution in [2.45, 2.75) is 36.3 Å². The Balaban J connectivity index is 0.000000785. The lowest BCUT2D eigenvalue weighted by Crippen LogP contribution is -2.36. The first-order valence-electron chi connectivity index (χ1n) is 16.0. The zero-order valence-corrected chi connectivity index (χ0v) is 35.6. The number of benzene rings is 4. The number of hydrogen-bond donors (Lipinski definition) is 0. The van der Waals surface area contributed by atoms with Crippen molar-refractivity contribution < 1.29 is 35.2 Å². The number of sulfone groups is 1. The summed E-state index contributed by atoms with van der Waals surface area (Å²) in [7, 11) is -7.65. The number of halogens is 7. The molecule has 300 valence electrons. The van der Waals surface area contributed by atoms with Gasteiger partial charge in [-0.05, 0) is 104 Å². The molecule has 0 N–H and O–H groups in total. The van der Waals surface area contributed by atoms with Gasteiger partial charge in [-0.15, -0.1) is 23.2 Å². The highest BCUT2D eigenvalue weighted by Crippen LogP contribution is 2.31. The van der Waals surface area contributed by atoms with Crippen LogP contribution in [0.25, 0.3) is 0 Å². The van der Waals surface area contributed by atoms with Gasteiger partial charge in [0, 0.05) is 5.02 Å². The Hall–Kier alpha value is -3.33. The van der Waals surface area contributed by atoms with E-state index in [2.05, 4.69) is 38.8 Å². The third kappa shape index (κ3) is 18.9. The Morgan fingerprint density at radius 2 is 1.11 bits per heavy atom. The second-order valence-corrected chi connectivity index (χ2v) is 16.0. The number of hydrogen-bond acceptors (Lipinski definition) is 7. The SMILES string of the molecule is C=CC(=O)Cl.C=CC(=O)N(c1ccc(F)cc1Cl)S(=O)(=O)c1ccccc1.CCN(CC)CC.ClCCl.O=S(=O)(Cc1ccc(F)cc1Cl)c1ccccc1. The molecule has 0 atom stereocenters. The Morgan fingerprint density at radius 3 is 1.47 bits per heavy atom. The van der Waals surface area contributed by atoms with Crippen molar-refractivity contribution in [1.82, 2.24) is 4.90 Å². The molecule has 0 aromatic heterocycles. The number of allylic oxidation sites excluding steroid dienone is 1. The smallest absolute Gasteiger partial charge is 0.271 e. The lowest BCUT2D eigenvalue weighted by Gasteiger charge is -2.22. The first-order valence-corrected chi connectivity index (χ1v) is 21.3. The third-order valence-electron chi connectivity index (χ3n) is 6.75. The third-order valence-corrected chi connectivity index (χ3v) is 11.0. The zero-order valence-electron chi connectivity index (χ0n) is 30.1. The minimum absolute atomic E-state index is 0.0920. The molecule has 4 aromatic rings. The molecule has 0 fully saturated rings. The second kappa shape index (κ2) is 27.3. The Bertz CT molecular complexity index is 2020. The topological polar surface area (TPSA) is 109 Å². The monoisotopic (exact) mass is 898 g/mol. The number of anilines is 1. The summed E-state index contributed by atoms with van der Waals surface area (Å²) in [5.74, 6) is -2.26. The quantitative estimate of drug-likeness (QED) is 0.0838. The summed E-state index contributed by atoms with van der Waals surface area (Å²) in [5.41, 5.74) is 0.249. The van der Waals surface area contributed by atoms with Gasteiger partial charge in [-0.3, -0.25) is 9.59 Å². The molecule has 8 nitrogen and oxygen atoms in total. The molecular formula is C38H41Cl5F2N2O6S2. The molecule has 0 spiro atoms. The fourth-order valence-corrected chi connectivity index (χ4v) is 7.48. The van der Waals surface area contributed by atoms with Crippen LogP contribution in [0.2, 0.25) is 10.0 Å². The largest absolute Gasteiger partial charge is 0.304 e. The van der Waals surface area contributed by atoms with E-state index in [-0.39, 0.29) is 36.6 Å². The van der Waals surface area contributed by atoms with Gasteiger partial charge >= 0.3 is 0 Å². The number of nitrogens with zero attached hydrogens (tertiary/aromatic N) is 2. The van der Waals surface area contributed by atoms with Crippen molar-refractivity contribution in [2.24, 2.45) is 0 Å². The molecule has 1 amide bonds. The van der Waals surface area contributed by atoms with E-state index in [4.69, 9.17) is 58.0 Å². The molecule has 55 heavy (non-hydrogen) atoms. The van der Waals surface area contributed by atoms with E-state index in [9.17, 15) is 35.2 Å². The van der Waals surface area contributed by atoms with E-state index in [0.29, 0.717) is 9.87 Å². The number of sulfonamides is 1. The maximum Gasteiger partial charge on any atom is 0.271 e. The van der Waals surface area contributed by atoms with E-state index in [0.717, 1.165) is 36.4 Å². The van der Waals surface area contributed by atoms with Crippen LogP contribution in [0.3, 0.4) is 0 Å². The average Bonchev–Trinajstić information content (AvgIpc) is 3.16. The van der Waals surface area contributed by atoms with Gasteiger partial charge < -0.3 is 4.90 Å². The average molecular weight is 901 g/mol. The number of amides is 1. The van der Waals surface area contributed by atoms with Gasteiger partial charge in [0.05, 0.1) is 31.6 Å². The van der Waals surface area contributed by atoms with Gasteiger partial charge in [0.15, 0.2) is 9.84 Å². The summed E-state index contributed by atoms with van der Waals surface area (Å²) in [5, 5.41) is -0.394. The normalized spacial score (nSPS) is 10.4. The van der Waals surface area contributed by atoms with Crippen LogP contribution in [0.4, 0.5) is 14.5 Å². The van der Waals surface area contributed by atoms with E-state index in [1.165, 1.54) is 68.2 Å². The molecule has 0 saturated carbocycles. The minimum Gasteiger partial charge on any atom is -0.304 e. The zero-order chi connectivity index (χ0) is 42.2. The molecule has 0 aliphatic rings. The maximum absolute atomic E-state index is 13.2. The van der Waals surface area contributed by atoms with Gasteiger partial charge in [0.1, 0.15) is 11.6 Å². The fraction of sp³-hybridized carbons (Fsp3) is 0.211. The van der Waals surface area contributed by atoms with Crippen LogP contribution in [0, 0.1) is 11.6 Å². The van der Waals surface area contributed by atoms with Gasteiger partial charge in [-0.25, -0.2) is 25.6 Å². The van der Waals surface area contributed by atoms with Crippen LogP contribution in [-0.2, 0) is 35.2 Å². The summed E-state index contributed by atoms with van der Waals surface area (Å²) in [6, 6.07) is 22.2. The highest BCUT2D eigenvalue weighted by Gasteiger charge is 2.31. The van der Waals surface area contributed by atoms with Crippen molar-refractivity contribution in [3.05, 3.63) is 150 Å². The highest BCUT2D eigenvalue weighted by molar-refractivity contribution is 7.93. The van der Waals surface area contributed by atoms with Crippen LogP contribution in [0.1, 0.15) is 26.3 Å². The van der Waals surface area contributed by atoms with Gasteiger partial charge in [0.25, 0.3) is 15.9 Å². The number of alkyl halides is 2. The number of carbonyl (C=O) groups is 2. The van der Waals surface area contributed by atoms with Crippen LogP contribution in [-0.4, -0.2) is 57.9 Å². The van der Waals surface area contributed by atoms with Crippen LogP contribution >= 0.6 is 58.0 Å². The van der Waals surface area contributed by atoms with E-state index < -0.39 is 42.6 Å². The molecule has 0 bridgehead atoms. The fourth-order valence-electron chi connectivity index (χ4n) is 4.02. The molecule has 0 unspecified atom stereocenters. The van der Waals surface area contributed by atoms with Crippen molar-refractivity contribution in [3.8, 4) is 0 Å². The van der Waals surface area contributed by atoms with Gasteiger partial charge in [0.2, 0.25) is 5.24 Å². The van der Waals surface area contributed by atoms with Crippen LogP contribution < -0.4 is 4.31 Å². The van der Waals surface area contributed by atoms with Crippen molar-refractivity contribution in [2.75, 3.05) is 29.3 Å². The molecule has 0 saturated heterocycles. The summed E-state index contributed by atoms with van der Waals surface area (Å²) >= 11 is 25.9. The van der Waals surface area contributed by atoms with Crippen LogP contribution in [0.5, 0.6) is 0 Å². The minimum atomic E-state index is -4.20. The Morgan fingerprint density at radius 1 is 0.691 bits per heavy atom. The highest BCUT2D eigenvalue weighted by atomic mass is 35.5. The molecule has 0 aliphatic carbocycles. The summed E-state index contributed by atoms with van der Waals surface area (Å²) in [6.45, 7) is 16.5. The van der Waals surface area contributed by atoms with E-state index in [1.54, 1.807) is 24.3 Å². The molecule has 17 heteroatoms. The molecule has 4 aromatic carbocycles. The number of rotatable bonds is 11. The summed E-state index contributed by atoms with van der Waals surface area (Å²) < 4.78 is 76.0. The van der Waals surface area contributed by atoms with E-state index in [1.807, 2.05) is 0 Å². The molecule has 0 heterocycles. The summed E-state index contributed by atoms with van der Waals surface area (Å²) in [6.07, 6.45) is 1.89. The summed E-state index contributed by atoms with van der Waals surface area (Å²) in [4.78, 5) is 24.0. The Kier molecular flexibility index (Phi) is 25.6. The second-order valence-electron chi connectivity index (χ2n) is 10.3. The van der Waals surface area contributed by atoms with Crippen molar-refractivity contribution in [1.29, 1.82) is 0 Å². The van der Waals surface area contributed by atoms with E-state index >= 15 is 0 Å². The number of carbonyl (C=O) groups excluding carboxylic acids is 2. The first kappa shape index (κ1) is 51.7. The Labute approximate surface area is 347 Å². The molecule has 0 radical (unpaired) electrons. The predicted molar refractivity (Wildman–Crippen MR) is 223 cm³/mol. The van der Waals surface area contributed by atoms with Gasteiger partial charge in [-0.2, -0.15) is 4.31 Å². The molecule has 4 rings (SSSR count). The van der Waals surface area contributed by atoms with Gasteiger partial charge in [-0.1, -0.05) is 99.6 Å². The van der Waals surface area contributed by atoms with Crippen molar-refractivity contribution >= 4 is 94.7 Å². The van der Waals surface area contributed by atoms with Crippen LogP contribution in [0.15, 0.2) is 132 Å². The lowest BCUT2D eigenvalue weighted by molar-refractivity contribution is -0.113. The first-order chi connectivity index (χ1) is 25.9. The predicted octanol–water partition coefficient (Wildman–Crippen LogP) is 10.5. The maximum atomic E-state index is 13.2.